The van der Waals surface area contributed by atoms with Crippen molar-refractivity contribution in [1.29, 1.82) is 0 Å². The van der Waals surface area contributed by atoms with Gasteiger partial charge in [0.15, 0.2) is 0 Å². The van der Waals surface area contributed by atoms with E-state index in [1.54, 1.807) is 0 Å². The van der Waals surface area contributed by atoms with Gasteiger partial charge in [-0.2, -0.15) is 0 Å². The summed E-state index contributed by atoms with van der Waals surface area (Å²) < 4.78 is 0. The molecule has 0 radical (unpaired) electrons. The topological polar surface area (TPSA) is 68.4 Å². The summed E-state index contributed by atoms with van der Waals surface area (Å²) in [6.07, 6.45) is 0.256. The maximum Gasteiger partial charge on any atom is 0.255 e. The Balaban J connectivity index is 1.56. The summed E-state index contributed by atoms with van der Waals surface area (Å²) in [5.41, 5.74) is 7.06. The molecule has 2 N–H and O–H groups in total. The third-order valence-corrected chi connectivity index (χ3v) is 6.88. The van der Waals surface area contributed by atoms with Crippen LogP contribution in [0.15, 0.2) is 72.8 Å². The normalized spacial score (nSPS) is 15.1. The molecule has 6 heteroatoms. The van der Waals surface area contributed by atoms with Gasteiger partial charge in [0.05, 0.1) is 11.7 Å². The number of rotatable bonds is 8. The monoisotopic (exact) mass is 480 g/mol. The molecule has 3 aromatic carbocycles. The summed E-state index contributed by atoms with van der Waals surface area (Å²) in [6, 6.07) is 24.2. The van der Waals surface area contributed by atoms with Gasteiger partial charge in [0.1, 0.15) is 0 Å². The molecule has 6 nitrogen and oxygen atoms in total. The van der Waals surface area contributed by atoms with Crippen LogP contribution in [0.25, 0.3) is 22.2 Å². The van der Waals surface area contributed by atoms with E-state index >= 15 is 0 Å². The van der Waals surface area contributed by atoms with Gasteiger partial charge >= 0.3 is 0 Å². The average Bonchev–Trinajstić information content (AvgIpc) is 3.38. The number of benzene rings is 3. The van der Waals surface area contributed by atoms with Crippen LogP contribution in [0.5, 0.6) is 0 Å². The SMILES string of the molecule is Cc1ccc(-c2[nH]c3ccccc3c2C2c3ccccc3C(=O)N2CCC(=O)NCCN(C)C)cc1. The number of H-pyrrole nitrogens is 1. The molecule has 0 aliphatic carbocycles. The predicted molar refractivity (Wildman–Crippen MR) is 144 cm³/mol. The summed E-state index contributed by atoms with van der Waals surface area (Å²) in [7, 11) is 3.95. The number of fused-ring (bicyclic) bond motifs is 2. The quantitative estimate of drug-likeness (QED) is 0.382. The number of aryl methyl sites for hydroxylation is 1. The highest BCUT2D eigenvalue weighted by Gasteiger charge is 2.40. The number of carbonyl (C=O) groups is 2. The number of hydrogen-bond donors (Lipinski definition) is 2. The molecule has 5 rings (SSSR count). The Labute approximate surface area is 211 Å². The van der Waals surface area contributed by atoms with Crippen LogP contribution in [0.3, 0.4) is 0 Å². The van der Waals surface area contributed by atoms with Crippen LogP contribution in [0.1, 0.15) is 39.5 Å². The lowest BCUT2D eigenvalue weighted by Crippen LogP contribution is -2.36. The molecule has 184 valence electrons. The zero-order valence-electron chi connectivity index (χ0n) is 21.0. The summed E-state index contributed by atoms with van der Waals surface area (Å²) in [6.45, 7) is 3.78. The second-order valence-corrected chi connectivity index (χ2v) is 9.72. The molecule has 4 aromatic rings. The number of nitrogens with one attached hydrogen (secondary N) is 2. The van der Waals surface area contributed by atoms with Gasteiger partial charge in [0.2, 0.25) is 5.91 Å². The first-order valence-corrected chi connectivity index (χ1v) is 12.4. The predicted octanol–water partition coefficient (Wildman–Crippen LogP) is 4.76. The van der Waals surface area contributed by atoms with Crippen molar-refractivity contribution in [3.8, 4) is 11.3 Å². The third-order valence-electron chi connectivity index (χ3n) is 6.88. The number of amides is 2. The van der Waals surface area contributed by atoms with Crippen molar-refractivity contribution in [2.75, 3.05) is 33.7 Å². The van der Waals surface area contributed by atoms with Crippen LogP contribution in [0.4, 0.5) is 0 Å². The fourth-order valence-electron chi connectivity index (χ4n) is 5.04. The Hall–Kier alpha value is -3.90. The van der Waals surface area contributed by atoms with E-state index in [4.69, 9.17) is 0 Å². The van der Waals surface area contributed by atoms with E-state index in [9.17, 15) is 9.59 Å². The van der Waals surface area contributed by atoms with Gasteiger partial charge in [-0.25, -0.2) is 0 Å². The minimum atomic E-state index is -0.282. The molecule has 1 atom stereocenters. The Morgan fingerprint density at radius 3 is 2.50 bits per heavy atom. The lowest BCUT2D eigenvalue weighted by Gasteiger charge is -2.26. The van der Waals surface area contributed by atoms with Crippen LogP contribution in [-0.2, 0) is 4.79 Å². The zero-order valence-corrected chi connectivity index (χ0v) is 21.0. The van der Waals surface area contributed by atoms with Crippen molar-refractivity contribution in [2.24, 2.45) is 0 Å². The standard InChI is InChI=1S/C30H32N4O2/c1-20-12-14-21(15-13-20)28-27(24-10-6-7-11-25(24)32-28)29-22-8-4-5-9-23(22)30(36)34(29)18-16-26(35)31-17-19-33(2)3/h4-15,29,32H,16-19H2,1-3H3,(H,31,35). The molecule has 0 saturated heterocycles. The van der Waals surface area contributed by atoms with Gasteiger partial charge in [0.25, 0.3) is 5.91 Å². The fourth-order valence-corrected chi connectivity index (χ4v) is 5.04. The van der Waals surface area contributed by atoms with Crippen LogP contribution in [0.2, 0.25) is 0 Å². The van der Waals surface area contributed by atoms with Crippen LogP contribution in [-0.4, -0.2) is 60.3 Å². The lowest BCUT2D eigenvalue weighted by atomic mass is 9.93. The maximum atomic E-state index is 13.6. The Bertz CT molecular complexity index is 1400. The van der Waals surface area contributed by atoms with Crippen LogP contribution in [0, 0.1) is 6.92 Å². The molecular weight excluding hydrogens is 448 g/mol. The summed E-state index contributed by atoms with van der Waals surface area (Å²) in [5, 5.41) is 4.06. The molecule has 0 bridgehead atoms. The molecular formula is C30H32N4O2. The first-order valence-electron chi connectivity index (χ1n) is 12.4. The zero-order chi connectivity index (χ0) is 25.2. The van der Waals surface area contributed by atoms with Gasteiger partial charge in [-0.1, -0.05) is 66.2 Å². The van der Waals surface area contributed by atoms with Crippen LogP contribution >= 0.6 is 0 Å². The second-order valence-electron chi connectivity index (χ2n) is 9.72. The second kappa shape index (κ2) is 9.99. The number of para-hydroxylation sites is 1. The van der Waals surface area contributed by atoms with Gasteiger partial charge in [-0.3, -0.25) is 9.59 Å². The minimum Gasteiger partial charge on any atom is -0.355 e. The largest absolute Gasteiger partial charge is 0.355 e. The molecule has 0 spiro atoms. The van der Waals surface area contributed by atoms with Crippen molar-refractivity contribution in [2.45, 2.75) is 19.4 Å². The minimum absolute atomic E-state index is 0.0307. The van der Waals surface area contributed by atoms with Gasteiger partial charge in [0, 0.05) is 48.1 Å². The van der Waals surface area contributed by atoms with E-state index in [2.05, 4.69) is 53.6 Å². The number of carbonyl (C=O) groups excluding carboxylic acids is 2. The van der Waals surface area contributed by atoms with E-state index < -0.39 is 0 Å². The van der Waals surface area contributed by atoms with E-state index in [0.717, 1.165) is 39.8 Å². The number of aromatic nitrogens is 1. The maximum absolute atomic E-state index is 13.6. The first-order chi connectivity index (χ1) is 17.4. The lowest BCUT2D eigenvalue weighted by molar-refractivity contribution is -0.121. The summed E-state index contributed by atoms with van der Waals surface area (Å²) in [5.74, 6) is -0.0751. The molecule has 1 aliphatic rings. The number of aromatic amines is 1. The molecule has 1 unspecified atom stereocenters. The Morgan fingerprint density at radius 1 is 1.00 bits per heavy atom. The van der Waals surface area contributed by atoms with Crippen molar-refractivity contribution in [3.05, 3.63) is 95.1 Å². The molecule has 1 aromatic heterocycles. The van der Waals surface area contributed by atoms with E-state index in [0.29, 0.717) is 18.7 Å². The van der Waals surface area contributed by atoms with Crippen molar-refractivity contribution < 1.29 is 9.59 Å². The van der Waals surface area contributed by atoms with Gasteiger partial charge < -0.3 is 20.1 Å². The summed E-state index contributed by atoms with van der Waals surface area (Å²) in [4.78, 5) is 33.8. The summed E-state index contributed by atoms with van der Waals surface area (Å²) >= 11 is 0. The van der Waals surface area contributed by atoms with Gasteiger partial charge in [-0.05, 0) is 44.3 Å². The molecule has 0 saturated carbocycles. The Morgan fingerprint density at radius 2 is 1.72 bits per heavy atom. The number of nitrogens with zero attached hydrogens (tertiary/aromatic N) is 2. The molecule has 1 aliphatic heterocycles. The van der Waals surface area contributed by atoms with E-state index in [1.807, 2.05) is 60.3 Å². The number of likely N-dealkylation sites (N-methyl/N-ethyl adjacent to an activating group) is 1. The van der Waals surface area contributed by atoms with Crippen molar-refractivity contribution >= 4 is 22.7 Å². The molecule has 2 amide bonds. The highest BCUT2D eigenvalue weighted by atomic mass is 16.2. The molecule has 36 heavy (non-hydrogen) atoms. The van der Waals surface area contributed by atoms with E-state index in [1.165, 1.54) is 5.56 Å². The highest BCUT2D eigenvalue weighted by Crippen LogP contribution is 2.45. The van der Waals surface area contributed by atoms with Crippen LogP contribution < -0.4 is 5.32 Å². The molecule has 0 fully saturated rings. The highest BCUT2D eigenvalue weighted by molar-refractivity contribution is 6.02. The Kier molecular flexibility index (Phi) is 6.61. The smallest absolute Gasteiger partial charge is 0.255 e. The first kappa shape index (κ1) is 23.8. The third kappa shape index (κ3) is 4.52. The van der Waals surface area contributed by atoms with Crippen molar-refractivity contribution in [1.82, 2.24) is 20.1 Å². The van der Waals surface area contributed by atoms with E-state index in [-0.39, 0.29) is 24.3 Å². The molecule has 2 heterocycles. The van der Waals surface area contributed by atoms with Crippen molar-refractivity contribution in [3.63, 3.8) is 0 Å². The average molecular weight is 481 g/mol. The van der Waals surface area contributed by atoms with Gasteiger partial charge in [-0.15, -0.1) is 0 Å². The fraction of sp³-hybridized carbons (Fsp3) is 0.267. The number of hydrogen-bond acceptors (Lipinski definition) is 3.